The van der Waals surface area contributed by atoms with Gasteiger partial charge in [0.25, 0.3) is 0 Å². The minimum Gasteiger partial charge on any atom is -0.478 e. The molecule has 2 rings (SSSR count). The van der Waals surface area contributed by atoms with Crippen LogP contribution in [0.2, 0.25) is 0 Å². The molecule has 0 radical (unpaired) electrons. The van der Waals surface area contributed by atoms with Gasteiger partial charge in [-0.1, -0.05) is 6.07 Å². The van der Waals surface area contributed by atoms with Gasteiger partial charge < -0.3 is 5.11 Å². The summed E-state index contributed by atoms with van der Waals surface area (Å²) in [4.78, 5) is 10.9. The van der Waals surface area contributed by atoms with Crippen molar-refractivity contribution in [1.29, 1.82) is 0 Å². The Morgan fingerprint density at radius 2 is 2.19 bits per heavy atom. The van der Waals surface area contributed by atoms with Crippen LogP contribution in [0.3, 0.4) is 0 Å². The van der Waals surface area contributed by atoms with Crippen molar-refractivity contribution in [2.75, 3.05) is 6.54 Å². The second kappa shape index (κ2) is 6.06. The van der Waals surface area contributed by atoms with Gasteiger partial charge in [-0.25, -0.2) is 17.9 Å². The van der Waals surface area contributed by atoms with Crippen LogP contribution in [0.1, 0.15) is 15.9 Å². The number of carboxylic acid groups (broad SMARTS) is 1. The fourth-order valence-corrected chi connectivity index (χ4v) is 3.12. The van der Waals surface area contributed by atoms with Crippen LogP contribution in [-0.2, 0) is 16.6 Å². The van der Waals surface area contributed by atoms with Gasteiger partial charge in [-0.15, -0.1) is 0 Å². The van der Waals surface area contributed by atoms with Gasteiger partial charge in [0.1, 0.15) is 0 Å². The molecule has 2 N–H and O–H groups in total. The van der Waals surface area contributed by atoms with Crippen LogP contribution in [0.4, 0.5) is 0 Å². The first-order valence-electron chi connectivity index (χ1n) is 6.21. The molecule has 0 saturated carbocycles. The molecule has 0 atom stereocenters. The number of rotatable bonds is 6. The van der Waals surface area contributed by atoms with Crippen molar-refractivity contribution >= 4 is 16.0 Å². The van der Waals surface area contributed by atoms with Crippen LogP contribution in [0, 0.1) is 6.92 Å². The highest BCUT2D eigenvalue weighted by Gasteiger charge is 2.18. The summed E-state index contributed by atoms with van der Waals surface area (Å²) in [6.07, 6.45) is 3.33. The molecule has 0 unspecified atom stereocenters. The second-order valence-electron chi connectivity index (χ2n) is 4.45. The lowest BCUT2D eigenvalue weighted by Gasteiger charge is -2.10. The zero-order valence-corrected chi connectivity index (χ0v) is 12.2. The number of aromatic carboxylic acids is 1. The Morgan fingerprint density at radius 3 is 2.81 bits per heavy atom. The van der Waals surface area contributed by atoms with Crippen LogP contribution >= 0.6 is 0 Å². The number of aryl methyl sites for hydroxylation is 1. The Kier molecular flexibility index (Phi) is 4.39. The molecule has 0 spiro atoms. The monoisotopic (exact) mass is 309 g/mol. The van der Waals surface area contributed by atoms with E-state index in [2.05, 4.69) is 9.82 Å². The molecule has 0 aliphatic carbocycles. The molecule has 21 heavy (non-hydrogen) atoms. The van der Waals surface area contributed by atoms with E-state index in [-0.39, 0.29) is 17.0 Å². The molecule has 0 aliphatic rings. The maximum atomic E-state index is 12.2. The van der Waals surface area contributed by atoms with Crippen molar-refractivity contribution in [2.24, 2.45) is 0 Å². The number of benzene rings is 1. The van der Waals surface area contributed by atoms with Crippen molar-refractivity contribution in [3.05, 3.63) is 47.8 Å². The third-order valence-electron chi connectivity index (χ3n) is 2.92. The number of hydrogen-bond acceptors (Lipinski definition) is 4. The molecule has 0 amide bonds. The lowest BCUT2D eigenvalue weighted by Crippen LogP contribution is -2.28. The predicted octanol–water partition coefficient (Wildman–Crippen LogP) is 0.868. The molecule has 0 fully saturated rings. The molecule has 1 heterocycles. The summed E-state index contributed by atoms with van der Waals surface area (Å²) in [6.45, 7) is 2.18. The van der Waals surface area contributed by atoms with E-state index < -0.39 is 16.0 Å². The summed E-state index contributed by atoms with van der Waals surface area (Å²) in [7, 11) is -3.75. The normalized spacial score (nSPS) is 11.5. The number of carboxylic acids is 1. The van der Waals surface area contributed by atoms with Crippen LogP contribution in [0.25, 0.3) is 0 Å². The number of hydrogen-bond donors (Lipinski definition) is 2. The number of aromatic nitrogens is 2. The van der Waals surface area contributed by atoms with Gasteiger partial charge in [0, 0.05) is 18.9 Å². The van der Waals surface area contributed by atoms with Crippen molar-refractivity contribution in [1.82, 2.24) is 14.5 Å². The number of carbonyl (C=O) groups is 1. The Hall–Kier alpha value is -2.19. The zero-order valence-electron chi connectivity index (χ0n) is 11.4. The number of nitrogens with one attached hydrogen (secondary N) is 1. The smallest absolute Gasteiger partial charge is 0.335 e. The first-order chi connectivity index (χ1) is 9.90. The summed E-state index contributed by atoms with van der Waals surface area (Å²) >= 11 is 0. The average Bonchev–Trinajstić information content (AvgIpc) is 2.91. The standard InChI is InChI=1S/C13H15N3O4S/c1-10-3-4-11(13(17)18)9-12(10)21(19,20)15-6-8-16-7-2-5-14-16/h2-5,7,9,15H,6,8H2,1H3,(H,17,18). The molecule has 1 aromatic carbocycles. The minimum atomic E-state index is -3.75. The molecule has 1 aromatic heterocycles. The van der Waals surface area contributed by atoms with Crippen molar-refractivity contribution in [2.45, 2.75) is 18.4 Å². The lowest BCUT2D eigenvalue weighted by molar-refractivity contribution is 0.0696. The molecule has 7 nitrogen and oxygen atoms in total. The van der Waals surface area contributed by atoms with Gasteiger partial charge in [-0.05, 0) is 30.7 Å². The molecule has 0 saturated heterocycles. The molecular weight excluding hydrogens is 294 g/mol. The quantitative estimate of drug-likeness (QED) is 0.824. The second-order valence-corrected chi connectivity index (χ2v) is 6.19. The van der Waals surface area contributed by atoms with E-state index in [1.54, 1.807) is 30.1 Å². The highest BCUT2D eigenvalue weighted by atomic mass is 32.2. The van der Waals surface area contributed by atoms with Crippen LogP contribution in [0.5, 0.6) is 0 Å². The van der Waals surface area contributed by atoms with Gasteiger partial charge in [-0.2, -0.15) is 5.10 Å². The van der Waals surface area contributed by atoms with E-state index in [0.29, 0.717) is 12.1 Å². The van der Waals surface area contributed by atoms with E-state index in [4.69, 9.17) is 5.11 Å². The van der Waals surface area contributed by atoms with Crippen molar-refractivity contribution in [3.63, 3.8) is 0 Å². The van der Waals surface area contributed by atoms with E-state index >= 15 is 0 Å². The Morgan fingerprint density at radius 1 is 1.43 bits per heavy atom. The highest BCUT2D eigenvalue weighted by Crippen LogP contribution is 2.17. The number of nitrogens with zero attached hydrogens (tertiary/aromatic N) is 2. The molecular formula is C13H15N3O4S. The molecule has 0 bridgehead atoms. The van der Waals surface area contributed by atoms with Gasteiger partial charge in [0.05, 0.1) is 17.0 Å². The van der Waals surface area contributed by atoms with Crippen LogP contribution in [-0.4, -0.2) is 35.8 Å². The summed E-state index contributed by atoms with van der Waals surface area (Å²) in [5.41, 5.74) is 0.430. The Balaban J connectivity index is 2.15. The molecule has 2 aromatic rings. The van der Waals surface area contributed by atoms with E-state index in [1.165, 1.54) is 12.1 Å². The Bertz CT molecular complexity index is 739. The Labute approximate surface area is 122 Å². The maximum absolute atomic E-state index is 12.2. The lowest BCUT2D eigenvalue weighted by atomic mass is 10.1. The van der Waals surface area contributed by atoms with E-state index in [9.17, 15) is 13.2 Å². The predicted molar refractivity (Wildman–Crippen MR) is 75.6 cm³/mol. The third-order valence-corrected chi connectivity index (χ3v) is 4.52. The first-order valence-corrected chi connectivity index (χ1v) is 7.69. The number of sulfonamides is 1. The van der Waals surface area contributed by atoms with Crippen molar-refractivity contribution < 1.29 is 18.3 Å². The van der Waals surface area contributed by atoms with Gasteiger partial charge in [0.15, 0.2) is 0 Å². The average molecular weight is 309 g/mol. The van der Waals surface area contributed by atoms with E-state index in [0.717, 1.165) is 6.07 Å². The van der Waals surface area contributed by atoms with Gasteiger partial charge in [-0.3, -0.25) is 4.68 Å². The fraction of sp³-hybridized carbons (Fsp3) is 0.231. The zero-order chi connectivity index (χ0) is 15.5. The third kappa shape index (κ3) is 3.67. The summed E-state index contributed by atoms with van der Waals surface area (Å²) in [5.74, 6) is -1.16. The van der Waals surface area contributed by atoms with Crippen LogP contribution < -0.4 is 4.72 Å². The first kappa shape index (κ1) is 15.2. The van der Waals surface area contributed by atoms with E-state index in [1.807, 2.05) is 0 Å². The summed E-state index contributed by atoms with van der Waals surface area (Å²) in [6, 6.07) is 5.76. The minimum absolute atomic E-state index is 0.0251. The highest BCUT2D eigenvalue weighted by molar-refractivity contribution is 7.89. The SMILES string of the molecule is Cc1ccc(C(=O)O)cc1S(=O)(=O)NCCn1cccn1. The van der Waals surface area contributed by atoms with Crippen LogP contribution in [0.15, 0.2) is 41.6 Å². The topological polar surface area (TPSA) is 101 Å². The maximum Gasteiger partial charge on any atom is 0.335 e. The summed E-state index contributed by atoms with van der Waals surface area (Å²) < 4.78 is 28.5. The molecule has 8 heteroatoms. The van der Waals surface area contributed by atoms with Gasteiger partial charge >= 0.3 is 5.97 Å². The summed E-state index contributed by atoms with van der Waals surface area (Å²) in [5, 5.41) is 12.9. The fourth-order valence-electron chi connectivity index (χ4n) is 1.83. The van der Waals surface area contributed by atoms with Crippen molar-refractivity contribution in [3.8, 4) is 0 Å². The molecule has 112 valence electrons. The largest absolute Gasteiger partial charge is 0.478 e. The van der Waals surface area contributed by atoms with Gasteiger partial charge in [0.2, 0.25) is 10.0 Å². The molecule has 0 aliphatic heterocycles.